The molecule has 1 rings (SSSR count). The van der Waals surface area contributed by atoms with Crippen molar-refractivity contribution in [3.05, 3.63) is 0 Å². The molecule has 0 radical (unpaired) electrons. The van der Waals surface area contributed by atoms with Crippen LogP contribution in [0.5, 0.6) is 0 Å². The van der Waals surface area contributed by atoms with Crippen LogP contribution in [-0.2, 0) is 4.74 Å². The van der Waals surface area contributed by atoms with E-state index in [9.17, 15) is 0 Å². The molecule has 0 saturated carbocycles. The highest BCUT2D eigenvalue weighted by atomic mass is 16.5. The summed E-state index contributed by atoms with van der Waals surface area (Å²) in [6.07, 6.45) is 0. The lowest BCUT2D eigenvalue weighted by atomic mass is 10.2. The Balaban J connectivity index is 0.000000222. The lowest BCUT2D eigenvalue weighted by molar-refractivity contribution is 0.109. The summed E-state index contributed by atoms with van der Waals surface area (Å²) < 4.78 is 5.01. The van der Waals surface area contributed by atoms with Crippen LogP contribution in [0, 0.1) is 0 Å². The molecular formula is C5H14BNO. The molecular weight excluding hydrogens is 101 g/mol. The first-order chi connectivity index (χ1) is 4.00. The molecule has 0 amide bonds. The number of morpholine rings is 1. The Morgan fingerprint density at radius 3 is 1.88 bits per heavy atom. The van der Waals surface area contributed by atoms with Crippen LogP contribution in [-0.4, -0.2) is 34.1 Å². The summed E-state index contributed by atoms with van der Waals surface area (Å²) in [5.41, 5.74) is 0. The molecule has 1 aliphatic heterocycles. The topological polar surface area (TPSA) is 21.3 Å². The van der Waals surface area contributed by atoms with Gasteiger partial charge < -0.3 is 10.1 Å². The van der Waals surface area contributed by atoms with Crippen molar-refractivity contribution in [1.29, 1.82) is 0 Å². The summed E-state index contributed by atoms with van der Waals surface area (Å²) in [6.45, 7) is 5.83. The summed E-state index contributed by atoms with van der Waals surface area (Å²) in [7, 11) is 2.00. The van der Waals surface area contributed by atoms with Gasteiger partial charge in [0.2, 0.25) is 0 Å². The van der Waals surface area contributed by atoms with Crippen LogP contribution >= 0.6 is 0 Å². The number of hydrogen-bond acceptors (Lipinski definition) is 2. The summed E-state index contributed by atoms with van der Waals surface area (Å²) in [4.78, 5) is 0. The molecule has 1 aliphatic rings. The third kappa shape index (κ3) is 4.15. The van der Waals surface area contributed by atoms with E-state index in [1.807, 2.05) is 14.7 Å². The molecule has 1 N–H and O–H groups in total. The average Bonchev–Trinajstić information content (AvgIpc) is 1.96. The molecule has 2 nitrogen and oxygen atoms in total. The van der Waals surface area contributed by atoms with Gasteiger partial charge in [-0.25, -0.2) is 0 Å². The van der Waals surface area contributed by atoms with E-state index in [2.05, 4.69) is 5.32 Å². The van der Waals surface area contributed by atoms with Gasteiger partial charge in [-0.2, -0.15) is 0 Å². The predicted molar refractivity (Wildman–Crippen MR) is 38.1 cm³/mol. The Kier molecular flexibility index (Phi) is 6.97. The van der Waals surface area contributed by atoms with Crippen molar-refractivity contribution in [1.82, 2.24) is 5.32 Å². The lowest BCUT2D eigenvalue weighted by Gasteiger charge is -2.10. The van der Waals surface area contributed by atoms with E-state index < -0.39 is 0 Å². The van der Waals surface area contributed by atoms with E-state index in [4.69, 9.17) is 4.74 Å². The van der Waals surface area contributed by atoms with Gasteiger partial charge in [-0.1, -0.05) is 6.82 Å². The van der Waals surface area contributed by atoms with Crippen LogP contribution in [0.1, 0.15) is 0 Å². The number of nitrogens with one attached hydrogen (secondary N) is 1. The van der Waals surface area contributed by atoms with Crippen LogP contribution in [0.3, 0.4) is 0 Å². The van der Waals surface area contributed by atoms with Crippen LogP contribution in [0.2, 0.25) is 6.82 Å². The molecule has 0 spiro atoms. The third-order valence-electron chi connectivity index (χ3n) is 0.846. The third-order valence-corrected chi connectivity index (χ3v) is 0.846. The highest BCUT2D eigenvalue weighted by Crippen LogP contribution is 1.76. The molecule has 1 fully saturated rings. The van der Waals surface area contributed by atoms with E-state index >= 15 is 0 Å². The molecule has 1 heterocycles. The van der Waals surface area contributed by atoms with Gasteiger partial charge >= 0.3 is 0 Å². The number of hydrogen-bond donors (Lipinski definition) is 1. The second kappa shape index (κ2) is 6.98. The molecule has 0 aromatic heterocycles. The van der Waals surface area contributed by atoms with E-state index in [1.54, 1.807) is 0 Å². The first-order valence-corrected chi connectivity index (χ1v) is 3.28. The largest absolute Gasteiger partial charge is 0.379 e. The minimum Gasteiger partial charge on any atom is -0.379 e. The van der Waals surface area contributed by atoms with E-state index in [0.717, 1.165) is 26.3 Å². The maximum absolute atomic E-state index is 5.01. The molecule has 1 saturated heterocycles. The molecule has 3 heteroatoms. The van der Waals surface area contributed by atoms with Gasteiger partial charge in [-0.05, 0) is 0 Å². The quantitative estimate of drug-likeness (QED) is 0.420. The van der Waals surface area contributed by atoms with Crippen molar-refractivity contribution in [3.8, 4) is 0 Å². The van der Waals surface area contributed by atoms with E-state index in [0.29, 0.717) is 0 Å². The second-order valence-corrected chi connectivity index (χ2v) is 1.36. The van der Waals surface area contributed by atoms with Gasteiger partial charge in [0, 0.05) is 13.1 Å². The van der Waals surface area contributed by atoms with Crippen molar-refractivity contribution in [3.63, 3.8) is 0 Å². The average molecular weight is 115 g/mol. The standard InChI is InChI=1S/C4H9NO.CH5B/c1-3-6-4-2-5-1;1-2/h5H,1-4H2;2H2,1H3. The van der Waals surface area contributed by atoms with Crippen molar-refractivity contribution >= 4 is 7.85 Å². The second-order valence-electron chi connectivity index (χ2n) is 1.36. The molecule has 8 heavy (non-hydrogen) atoms. The lowest BCUT2D eigenvalue weighted by Crippen LogP contribution is -2.30. The van der Waals surface area contributed by atoms with Crippen molar-refractivity contribution in [2.75, 3.05) is 26.3 Å². The van der Waals surface area contributed by atoms with Gasteiger partial charge in [0.25, 0.3) is 0 Å². The summed E-state index contributed by atoms with van der Waals surface area (Å²) in [5.74, 6) is 0. The zero-order valence-corrected chi connectivity index (χ0v) is 5.74. The molecule has 0 aromatic rings. The Morgan fingerprint density at radius 2 is 1.75 bits per heavy atom. The van der Waals surface area contributed by atoms with Crippen molar-refractivity contribution in [2.45, 2.75) is 6.82 Å². The fourth-order valence-electron chi connectivity index (χ4n) is 0.516. The van der Waals surface area contributed by atoms with Gasteiger partial charge in [-0.3, -0.25) is 0 Å². The zero-order valence-electron chi connectivity index (χ0n) is 5.74. The molecule has 0 bridgehead atoms. The highest BCUT2D eigenvalue weighted by molar-refractivity contribution is 6.05. The van der Waals surface area contributed by atoms with Crippen LogP contribution < -0.4 is 5.32 Å². The minimum atomic E-state index is 0.889. The molecule has 0 aliphatic carbocycles. The number of rotatable bonds is 0. The molecule has 0 unspecified atom stereocenters. The Hall–Kier alpha value is -0.0151. The van der Waals surface area contributed by atoms with Crippen molar-refractivity contribution in [2.24, 2.45) is 0 Å². The molecule has 48 valence electrons. The maximum Gasteiger partial charge on any atom is 0.0973 e. The van der Waals surface area contributed by atoms with Gasteiger partial charge in [0.15, 0.2) is 0 Å². The maximum atomic E-state index is 5.01. The predicted octanol–water partition coefficient (Wildman–Crippen LogP) is -0.726. The summed E-state index contributed by atoms with van der Waals surface area (Å²) in [5, 5.41) is 3.16. The Morgan fingerprint density at radius 1 is 1.25 bits per heavy atom. The molecule has 0 aromatic carbocycles. The van der Waals surface area contributed by atoms with Gasteiger partial charge in [-0.15, -0.1) is 0 Å². The van der Waals surface area contributed by atoms with Gasteiger partial charge in [0.05, 0.1) is 21.1 Å². The fourth-order valence-corrected chi connectivity index (χ4v) is 0.516. The first kappa shape index (κ1) is 7.98. The Labute approximate surface area is 52.0 Å². The SMILES string of the molecule is BC.C1COCCN1. The number of ether oxygens (including phenoxy) is 1. The highest BCUT2D eigenvalue weighted by Gasteiger charge is 1.92. The van der Waals surface area contributed by atoms with Crippen LogP contribution in [0.15, 0.2) is 0 Å². The monoisotopic (exact) mass is 115 g/mol. The van der Waals surface area contributed by atoms with Crippen LogP contribution in [0.4, 0.5) is 0 Å². The van der Waals surface area contributed by atoms with Gasteiger partial charge in [0.1, 0.15) is 0 Å². The normalized spacial score (nSPS) is 18.6. The first-order valence-electron chi connectivity index (χ1n) is 3.28. The van der Waals surface area contributed by atoms with E-state index in [1.165, 1.54) is 0 Å². The smallest absolute Gasteiger partial charge is 0.0973 e. The summed E-state index contributed by atoms with van der Waals surface area (Å²) >= 11 is 0. The zero-order chi connectivity index (χ0) is 6.24. The van der Waals surface area contributed by atoms with E-state index in [-0.39, 0.29) is 0 Å². The minimum absolute atomic E-state index is 0.889. The van der Waals surface area contributed by atoms with Crippen molar-refractivity contribution < 1.29 is 4.74 Å². The summed E-state index contributed by atoms with van der Waals surface area (Å²) in [6, 6.07) is 0. The van der Waals surface area contributed by atoms with Crippen LogP contribution in [0.25, 0.3) is 0 Å². The molecule has 0 atom stereocenters. The Bertz CT molecular complexity index is 27.9. The fraction of sp³-hybridized carbons (Fsp3) is 1.00.